The zero-order valence-electron chi connectivity index (χ0n) is 18.3. The Morgan fingerprint density at radius 1 is 1.12 bits per heavy atom. The van der Waals surface area contributed by atoms with Gasteiger partial charge < -0.3 is 19.8 Å². The second kappa shape index (κ2) is 7.78. The van der Waals surface area contributed by atoms with E-state index in [4.69, 9.17) is 4.52 Å². The van der Waals surface area contributed by atoms with Crippen LogP contribution >= 0.6 is 0 Å². The highest BCUT2D eigenvalue weighted by Crippen LogP contribution is 2.34. The quantitative estimate of drug-likeness (QED) is 0.472. The molecule has 0 aliphatic carbocycles. The van der Waals surface area contributed by atoms with Crippen molar-refractivity contribution < 1.29 is 14.4 Å². The molecule has 1 saturated heterocycles. The largest absolute Gasteiger partial charge is 0.373 e. The van der Waals surface area contributed by atoms with Gasteiger partial charge in [-0.25, -0.2) is 15.0 Å². The molecular formula is C22H22N8O3. The minimum Gasteiger partial charge on any atom is -0.373 e. The summed E-state index contributed by atoms with van der Waals surface area (Å²) in [7, 11) is 3.51. The molecule has 1 atom stereocenters. The van der Waals surface area contributed by atoms with Crippen LogP contribution in [0.25, 0.3) is 22.8 Å². The lowest BCUT2D eigenvalue weighted by molar-refractivity contribution is -0.144. The normalized spacial score (nSPS) is 18.2. The summed E-state index contributed by atoms with van der Waals surface area (Å²) in [5.74, 6) is 0.127. The van der Waals surface area contributed by atoms with E-state index >= 15 is 0 Å². The second-order valence-corrected chi connectivity index (χ2v) is 7.98. The maximum atomic E-state index is 12.3. The van der Waals surface area contributed by atoms with E-state index in [-0.39, 0.29) is 12.2 Å². The molecule has 4 aromatic rings. The van der Waals surface area contributed by atoms with Crippen molar-refractivity contribution in [2.24, 2.45) is 7.05 Å². The van der Waals surface area contributed by atoms with Gasteiger partial charge in [-0.05, 0) is 25.1 Å². The van der Waals surface area contributed by atoms with E-state index in [1.165, 1.54) is 4.90 Å². The number of pyridine rings is 1. The lowest BCUT2D eigenvalue weighted by atomic mass is 9.98. The molecule has 1 fully saturated rings. The Balaban J connectivity index is 1.42. The minimum atomic E-state index is -1.70. The molecule has 5 rings (SSSR count). The van der Waals surface area contributed by atoms with Crippen LogP contribution in [0.2, 0.25) is 0 Å². The van der Waals surface area contributed by atoms with Gasteiger partial charge in [0.2, 0.25) is 11.5 Å². The number of likely N-dealkylation sites (N-methyl/N-ethyl adjacent to an activating group) is 1. The first-order chi connectivity index (χ1) is 15.8. The number of likely N-dealkylation sites (tertiary alicyclic amines) is 1. The summed E-state index contributed by atoms with van der Waals surface area (Å²) in [5.41, 5.74) is 2.25. The number of aromatic nitrogens is 6. The Morgan fingerprint density at radius 2 is 1.88 bits per heavy atom. The Hall–Kier alpha value is -4.12. The fourth-order valence-corrected chi connectivity index (χ4v) is 3.70. The van der Waals surface area contributed by atoms with Crippen molar-refractivity contribution >= 4 is 17.5 Å². The molecule has 1 amide bonds. The number of aryl methyl sites for hydroxylation is 1. The molecule has 0 spiro atoms. The van der Waals surface area contributed by atoms with Gasteiger partial charge in [-0.3, -0.25) is 9.48 Å². The average Bonchev–Trinajstić information content (AvgIpc) is 3.52. The Morgan fingerprint density at radius 3 is 2.58 bits per heavy atom. The van der Waals surface area contributed by atoms with Gasteiger partial charge in [-0.2, -0.15) is 5.10 Å². The summed E-state index contributed by atoms with van der Waals surface area (Å²) in [5, 5.41) is 22.2. The Bertz CT molecular complexity index is 1350. The number of nitrogens with one attached hydrogen (secondary N) is 1. The van der Waals surface area contributed by atoms with Crippen LogP contribution in [0.15, 0.2) is 47.2 Å². The first-order valence-corrected chi connectivity index (χ1v) is 10.4. The van der Waals surface area contributed by atoms with E-state index in [2.05, 4.69) is 30.5 Å². The molecule has 11 nitrogen and oxygen atoms in total. The zero-order chi connectivity index (χ0) is 23.2. The predicted octanol–water partition coefficient (Wildman–Crippen LogP) is 2.03. The van der Waals surface area contributed by atoms with Crippen LogP contribution in [0.1, 0.15) is 17.9 Å². The lowest BCUT2D eigenvalue weighted by Gasteiger charge is -2.16. The third-order valence-electron chi connectivity index (χ3n) is 5.84. The molecule has 5 heterocycles. The first-order valence-electron chi connectivity index (χ1n) is 10.4. The molecule has 1 aliphatic heterocycles. The predicted molar refractivity (Wildman–Crippen MR) is 118 cm³/mol. The lowest BCUT2D eigenvalue weighted by Crippen LogP contribution is -2.35. The van der Waals surface area contributed by atoms with Gasteiger partial charge in [0.15, 0.2) is 5.76 Å². The first kappa shape index (κ1) is 20.8. The van der Waals surface area contributed by atoms with Gasteiger partial charge in [0.25, 0.3) is 5.91 Å². The van der Waals surface area contributed by atoms with Gasteiger partial charge in [0.05, 0.1) is 34.7 Å². The Kier molecular flexibility index (Phi) is 4.90. The molecule has 11 heteroatoms. The monoisotopic (exact) mass is 446 g/mol. The van der Waals surface area contributed by atoms with Crippen LogP contribution in [-0.2, 0) is 17.4 Å². The maximum absolute atomic E-state index is 12.3. The van der Waals surface area contributed by atoms with Crippen LogP contribution in [0, 0.1) is 6.92 Å². The highest BCUT2D eigenvalue weighted by molar-refractivity contribution is 5.87. The molecule has 0 bridgehead atoms. The molecule has 0 radical (unpaired) electrons. The average molecular weight is 446 g/mol. The van der Waals surface area contributed by atoms with Crippen molar-refractivity contribution in [3.8, 4) is 22.8 Å². The van der Waals surface area contributed by atoms with Crippen molar-refractivity contribution in [1.29, 1.82) is 0 Å². The topological polar surface area (TPSA) is 135 Å². The van der Waals surface area contributed by atoms with Gasteiger partial charge in [-0.15, -0.1) is 0 Å². The van der Waals surface area contributed by atoms with Crippen molar-refractivity contribution in [2.75, 3.05) is 18.9 Å². The van der Waals surface area contributed by atoms with Gasteiger partial charge in [-0.1, -0.05) is 11.2 Å². The SMILES string of the molecule is Cc1c(Nc2nccc(-c3cccc(-c4cc([C@]5(O)CCN(C)C5=O)on4)n3)n2)cnn1C. The zero-order valence-corrected chi connectivity index (χ0v) is 18.3. The molecule has 0 unspecified atom stereocenters. The van der Waals surface area contributed by atoms with Crippen LogP contribution in [0.5, 0.6) is 0 Å². The summed E-state index contributed by atoms with van der Waals surface area (Å²) < 4.78 is 7.10. The van der Waals surface area contributed by atoms with Crippen molar-refractivity contribution in [1.82, 2.24) is 34.8 Å². The summed E-state index contributed by atoms with van der Waals surface area (Å²) in [6.07, 6.45) is 3.61. The van der Waals surface area contributed by atoms with Gasteiger partial charge >= 0.3 is 0 Å². The van der Waals surface area contributed by atoms with E-state index in [1.807, 2.05) is 26.1 Å². The second-order valence-electron chi connectivity index (χ2n) is 7.98. The smallest absolute Gasteiger partial charge is 0.262 e. The molecule has 0 saturated carbocycles. The number of carbonyl (C=O) groups excluding carboxylic acids is 1. The molecule has 0 aromatic carbocycles. The summed E-state index contributed by atoms with van der Waals surface area (Å²) in [6.45, 7) is 2.39. The maximum Gasteiger partial charge on any atom is 0.262 e. The van der Waals surface area contributed by atoms with Gasteiger partial charge in [0.1, 0.15) is 5.69 Å². The number of nitrogens with zero attached hydrogens (tertiary/aromatic N) is 7. The molecule has 4 aromatic heterocycles. The van der Waals surface area contributed by atoms with Crippen molar-refractivity contribution in [3.05, 3.63) is 54.2 Å². The van der Waals surface area contributed by atoms with E-state index in [1.54, 1.807) is 42.3 Å². The summed E-state index contributed by atoms with van der Waals surface area (Å²) >= 11 is 0. The highest BCUT2D eigenvalue weighted by Gasteiger charge is 2.48. The standard InChI is InChI=1S/C22H22N8O3/c1-13-18(12-24-30(13)3)27-21-23-9-7-16(26-21)14-5-4-6-15(25-14)17-11-19(33-28-17)22(32)8-10-29(2)20(22)31/h4-7,9,11-12,32H,8,10H2,1-3H3,(H,23,26,27)/t22-/m1/s1. The number of hydrogen-bond donors (Lipinski definition) is 2. The highest BCUT2D eigenvalue weighted by atomic mass is 16.5. The fourth-order valence-electron chi connectivity index (χ4n) is 3.70. The van der Waals surface area contributed by atoms with Crippen LogP contribution in [0.3, 0.4) is 0 Å². The van der Waals surface area contributed by atoms with Crippen molar-refractivity contribution in [2.45, 2.75) is 18.9 Å². The molecular weight excluding hydrogens is 424 g/mol. The van der Waals surface area contributed by atoms with E-state index < -0.39 is 11.5 Å². The van der Waals surface area contributed by atoms with Crippen molar-refractivity contribution in [3.63, 3.8) is 0 Å². The van der Waals surface area contributed by atoms with Gasteiger partial charge in [0, 0.05) is 39.3 Å². The van der Waals surface area contributed by atoms with E-state index in [9.17, 15) is 9.90 Å². The molecule has 168 valence electrons. The minimum absolute atomic E-state index is 0.111. The number of amides is 1. The third-order valence-corrected chi connectivity index (χ3v) is 5.84. The number of carbonyl (C=O) groups is 1. The fraction of sp³-hybridized carbons (Fsp3) is 0.273. The summed E-state index contributed by atoms with van der Waals surface area (Å²) in [4.78, 5) is 27.3. The van der Waals surface area contributed by atoms with E-state index in [0.29, 0.717) is 35.3 Å². The van der Waals surface area contributed by atoms with Crippen LogP contribution in [-0.4, -0.2) is 59.4 Å². The van der Waals surface area contributed by atoms with E-state index in [0.717, 1.165) is 11.4 Å². The number of rotatable bonds is 5. The van der Waals surface area contributed by atoms with Crippen LogP contribution in [0.4, 0.5) is 11.6 Å². The van der Waals surface area contributed by atoms with Crippen LogP contribution < -0.4 is 5.32 Å². The number of aliphatic hydroxyl groups is 1. The summed E-state index contributed by atoms with van der Waals surface area (Å²) in [6, 6.07) is 8.75. The number of hydrogen-bond acceptors (Lipinski definition) is 9. The molecule has 2 N–H and O–H groups in total. The Labute approximate surface area is 189 Å². The number of anilines is 2. The molecule has 1 aliphatic rings. The molecule has 33 heavy (non-hydrogen) atoms. The third kappa shape index (κ3) is 3.61.